The standard InChI is InChI=1S/C31H37N5O5S/c1-19(2)27-31-35-24(18-42-31)30(41)34-23(16-20-10-4-3-5-11-20)28(39)32-15-9-8-13-22(29(40)36-27)33-26(38)17-21-12-6-7-14-25(21)37/h3-7,10-12,14,18-19,22-23,27,37H,8-9,13,15-17H2,1-2H3,(H,32,39)(H,33,38)(H,34,41)(H,36,40)/t22-,23+,27+/m0/s1. The first-order valence-corrected chi connectivity index (χ1v) is 15.0. The van der Waals surface area contributed by atoms with Crippen molar-refractivity contribution in [3.8, 4) is 5.75 Å². The van der Waals surface area contributed by atoms with Gasteiger partial charge in [0.25, 0.3) is 5.91 Å². The molecule has 2 aromatic carbocycles. The van der Waals surface area contributed by atoms with Crippen molar-refractivity contribution in [2.45, 2.75) is 64.1 Å². The Bertz CT molecular complexity index is 1390. The van der Waals surface area contributed by atoms with Crippen molar-refractivity contribution in [2.75, 3.05) is 6.54 Å². The van der Waals surface area contributed by atoms with Crippen LogP contribution in [-0.4, -0.2) is 52.3 Å². The molecule has 222 valence electrons. The van der Waals surface area contributed by atoms with E-state index in [9.17, 15) is 24.3 Å². The van der Waals surface area contributed by atoms with Gasteiger partial charge in [-0.15, -0.1) is 11.3 Å². The number of aromatic nitrogens is 1. The highest BCUT2D eigenvalue weighted by atomic mass is 32.1. The van der Waals surface area contributed by atoms with E-state index < -0.39 is 29.9 Å². The first-order chi connectivity index (χ1) is 20.2. The molecule has 0 unspecified atom stereocenters. The number of nitrogens with zero attached hydrogens (tertiary/aromatic N) is 1. The molecule has 0 radical (unpaired) electrons. The van der Waals surface area contributed by atoms with Crippen molar-refractivity contribution in [1.82, 2.24) is 26.3 Å². The monoisotopic (exact) mass is 591 g/mol. The van der Waals surface area contributed by atoms with E-state index >= 15 is 0 Å². The number of carbonyl (C=O) groups is 4. The number of carbonyl (C=O) groups excluding carboxylic acids is 4. The molecule has 42 heavy (non-hydrogen) atoms. The summed E-state index contributed by atoms with van der Waals surface area (Å²) in [5, 5.41) is 23.8. The van der Waals surface area contributed by atoms with E-state index in [0.29, 0.717) is 42.8 Å². The van der Waals surface area contributed by atoms with E-state index in [1.54, 1.807) is 23.6 Å². The molecule has 1 aliphatic heterocycles. The maximum atomic E-state index is 13.5. The van der Waals surface area contributed by atoms with Gasteiger partial charge in [-0.05, 0) is 36.8 Å². The molecule has 0 spiro atoms. The van der Waals surface area contributed by atoms with Crippen LogP contribution in [0.1, 0.15) is 65.8 Å². The molecule has 3 atom stereocenters. The summed E-state index contributed by atoms with van der Waals surface area (Å²) < 4.78 is 0. The first kappa shape index (κ1) is 30.7. The zero-order chi connectivity index (χ0) is 30.1. The van der Waals surface area contributed by atoms with Crippen LogP contribution in [0, 0.1) is 5.92 Å². The minimum Gasteiger partial charge on any atom is -0.508 e. The van der Waals surface area contributed by atoms with Gasteiger partial charge in [0, 0.05) is 23.9 Å². The molecule has 2 heterocycles. The number of para-hydroxylation sites is 1. The molecular formula is C31H37N5O5S. The van der Waals surface area contributed by atoms with Gasteiger partial charge in [0.2, 0.25) is 17.7 Å². The van der Waals surface area contributed by atoms with E-state index in [0.717, 1.165) is 5.56 Å². The molecule has 2 bridgehead atoms. The third kappa shape index (κ3) is 8.39. The van der Waals surface area contributed by atoms with Crippen LogP contribution >= 0.6 is 11.3 Å². The Morgan fingerprint density at radius 1 is 1.02 bits per heavy atom. The van der Waals surface area contributed by atoms with E-state index in [2.05, 4.69) is 26.3 Å². The summed E-state index contributed by atoms with van der Waals surface area (Å²) in [5.41, 5.74) is 1.54. The molecule has 0 fully saturated rings. The average molecular weight is 592 g/mol. The van der Waals surface area contributed by atoms with E-state index in [4.69, 9.17) is 0 Å². The minimum atomic E-state index is -0.832. The highest BCUT2D eigenvalue weighted by molar-refractivity contribution is 7.09. The number of thiazole rings is 1. The van der Waals surface area contributed by atoms with Crippen LogP contribution in [0.25, 0.3) is 0 Å². The molecule has 5 N–H and O–H groups in total. The van der Waals surface area contributed by atoms with Gasteiger partial charge < -0.3 is 26.4 Å². The minimum absolute atomic E-state index is 0.0138. The number of hydrogen-bond acceptors (Lipinski definition) is 7. The summed E-state index contributed by atoms with van der Waals surface area (Å²) in [7, 11) is 0. The van der Waals surface area contributed by atoms with E-state index in [1.165, 1.54) is 17.4 Å². The van der Waals surface area contributed by atoms with Gasteiger partial charge in [-0.3, -0.25) is 19.2 Å². The molecule has 0 saturated heterocycles. The molecule has 4 amide bonds. The molecular weight excluding hydrogens is 554 g/mol. The van der Waals surface area contributed by atoms with Gasteiger partial charge in [-0.25, -0.2) is 4.98 Å². The normalized spacial score (nSPS) is 20.4. The van der Waals surface area contributed by atoms with Crippen molar-refractivity contribution >= 4 is 35.0 Å². The third-order valence-corrected chi connectivity index (χ3v) is 8.03. The zero-order valence-corrected chi connectivity index (χ0v) is 24.6. The fourth-order valence-electron chi connectivity index (χ4n) is 4.75. The van der Waals surface area contributed by atoms with Crippen LogP contribution in [0.4, 0.5) is 0 Å². The predicted octanol–water partition coefficient (Wildman–Crippen LogP) is 3.03. The zero-order valence-electron chi connectivity index (χ0n) is 23.8. The lowest BCUT2D eigenvalue weighted by Crippen LogP contribution is -2.49. The van der Waals surface area contributed by atoms with Gasteiger partial charge in [-0.2, -0.15) is 0 Å². The summed E-state index contributed by atoms with van der Waals surface area (Å²) in [6.07, 6.45) is 1.72. The van der Waals surface area contributed by atoms with Gasteiger partial charge in [0.05, 0.1) is 12.5 Å². The maximum Gasteiger partial charge on any atom is 0.271 e. The van der Waals surface area contributed by atoms with Gasteiger partial charge >= 0.3 is 0 Å². The van der Waals surface area contributed by atoms with Crippen LogP contribution in [0.5, 0.6) is 5.75 Å². The molecule has 1 aromatic heterocycles. The predicted molar refractivity (Wildman–Crippen MR) is 160 cm³/mol. The Labute approximate surface area is 249 Å². The number of nitrogens with one attached hydrogen (secondary N) is 4. The van der Waals surface area contributed by atoms with Crippen LogP contribution in [-0.2, 0) is 27.2 Å². The molecule has 3 aromatic rings. The number of fused-ring (bicyclic) bond motifs is 2. The Morgan fingerprint density at radius 2 is 1.76 bits per heavy atom. The molecule has 11 heteroatoms. The van der Waals surface area contributed by atoms with E-state index in [-0.39, 0.29) is 35.6 Å². The van der Waals surface area contributed by atoms with Crippen molar-refractivity contribution in [3.05, 3.63) is 81.8 Å². The summed E-state index contributed by atoms with van der Waals surface area (Å²) in [6.45, 7) is 4.22. The highest BCUT2D eigenvalue weighted by Gasteiger charge is 2.29. The van der Waals surface area contributed by atoms with Crippen molar-refractivity contribution in [3.63, 3.8) is 0 Å². The quantitative estimate of drug-likeness (QED) is 0.298. The van der Waals surface area contributed by atoms with E-state index in [1.807, 2.05) is 44.2 Å². The van der Waals surface area contributed by atoms with Crippen LogP contribution in [0.15, 0.2) is 60.0 Å². The Morgan fingerprint density at radius 3 is 2.50 bits per heavy atom. The third-order valence-electron chi connectivity index (χ3n) is 7.10. The molecule has 10 nitrogen and oxygen atoms in total. The fraction of sp³-hybridized carbons (Fsp3) is 0.387. The number of phenols is 1. The number of rotatable bonds is 6. The Hall–Kier alpha value is -4.25. The summed E-state index contributed by atoms with van der Waals surface area (Å²) in [5.74, 6) is -1.56. The number of phenolic OH excluding ortho intramolecular Hbond substituents is 1. The average Bonchev–Trinajstić information content (AvgIpc) is 3.46. The lowest BCUT2D eigenvalue weighted by molar-refractivity contribution is -0.129. The number of benzene rings is 2. The summed E-state index contributed by atoms with van der Waals surface area (Å²) in [4.78, 5) is 57.2. The number of aromatic hydroxyl groups is 1. The van der Waals surface area contributed by atoms with Crippen molar-refractivity contribution < 1.29 is 24.3 Å². The van der Waals surface area contributed by atoms with Crippen molar-refractivity contribution in [1.29, 1.82) is 0 Å². The SMILES string of the molecule is CC(C)[C@H]1NC(=O)[C@@H](NC(=O)Cc2ccccc2O)CCCCNC(=O)[C@@H](Cc2ccccc2)NC(=O)c2csc1n2. The number of hydrogen-bond donors (Lipinski definition) is 5. The number of amides is 4. The maximum absolute atomic E-state index is 13.5. The van der Waals surface area contributed by atoms with Gasteiger partial charge in [0.15, 0.2) is 0 Å². The van der Waals surface area contributed by atoms with Crippen LogP contribution in [0.3, 0.4) is 0 Å². The molecule has 4 rings (SSSR count). The topological polar surface area (TPSA) is 150 Å². The summed E-state index contributed by atoms with van der Waals surface area (Å²) in [6, 6.07) is 13.9. The Balaban J connectivity index is 1.55. The largest absolute Gasteiger partial charge is 0.508 e. The highest BCUT2D eigenvalue weighted by Crippen LogP contribution is 2.26. The second-order valence-electron chi connectivity index (χ2n) is 10.7. The van der Waals surface area contributed by atoms with Crippen LogP contribution in [0.2, 0.25) is 0 Å². The second-order valence-corrected chi connectivity index (χ2v) is 11.6. The van der Waals surface area contributed by atoms with Gasteiger partial charge in [0.1, 0.15) is 28.5 Å². The second kappa shape index (κ2) is 14.6. The first-order valence-electron chi connectivity index (χ1n) is 14.2. The molecule has 0 aliphatic carbocycles. The Kier molecular flexibility index (Phi) is 10.7. The fourth-order valence-corrected chi connectivity index (χ4v) is 5.77. The van der Waals surface area contributed by atoms with Crippen molar-refractivity contribution in [2.24, 2.45) is 5.92 Å². The summed E-state index contributed by atoms with van der Waals surface area (Å²) >= 11 is 1.25. The van der Waals surface area contributed by atoms with Crippen LogP contribution < -0.4 is 21.3 Å². The lowest BCUT2D eigenvalue weighted by atomic mass is 10.0. The lowest BCUT2D eigenvalue weighted by Gasteiger charge is -2.25. The van der Waals surface area contributed by atoms with Gasteiger partial charge in [-0.1, -0.05) is 62.4 Å². The molecule has 1 aliphatic rings. The molecule has 0 saturated carbocycles. The smallest absolute Gasteiger partial charge is 0.271 e.